The van der Waals surface area contributed by atoms with Gasteiger partial charge >= 0.3 is 0 Å². The van der Waals surface area contributed by atoms with Crippen LogP contribution in [-0.4, -0.2) is 22.4 Å². The van der Waals surface area contributed by atoms with Gasteiger partial charge in [-0.2, -0.15) is 0 Å². The lowest BCUT2D eigenvalue weighted by molar-refractivity contribution is -0.115. The number of hydrogen-bond acceptors (Lipinski definition) is 3. The number of aromatic amines is 1. The minimum Gasteiger partial charge on any atom is -0.380 e. The molecule has 5 heteroatoms. The van der Waals surface area contributed by atoms with Gasteiger partial charge in [-0.15, -0.1) is 6.58 Å². The lowest BCUT2D eigenvalue weighted by Gasteiger charge is -2.06. The summed E-state index contributed by atoms with van der Waals surface area (Å²) in [5.74, 6) is 0.452. The molecule has 2 heterocycles. The minimum atomic E-state index is -0.0888. The second kappa shape index (κ2) is 6.79. The molecule has 5 nitrogen and oxygen atoms in total. The van der Waals surface area contributed by atoms with E-state index in [9.17, 15) is 4.79 Å². The monoisotopic (exact) mass is 306 g/mol. The number of carbonyl (C=O) groups excluding carboxylic acids is 1. The SMILES string of the molecule is C=CCNc1ccc(NC(=O)Cc2c[nH]c3ccccc23)nc1. The van der Waals surface area contributed by atoms with Gasteiger partial charge in [-0.05, 0) is 23.8 Å². The standard InChI is InChI=1S/C18H18N4O/c1-2-9-19-14-7-8-17(21-12-14)22-18(23)10-13-11-20-16-6-4-3-5-15(13)16/h2-8,11-12,19-20H,1,9-10H2,(H,21,22,23). The highest BCUT2D eigenvalue weighted by atomic mass is 16.1. The molecule has 3 N–H and O–H groups in total. The fourth-order valence-electron chi connectivity index (χ4n) is 2.40. The molecule has 116 valence electrons. The number of nitrogens with one attached hydrogen (secondary N) is 3. The summed E-state index contributed by atoms with van der Waals surface area (Å²) in [7, 11) is 0. The predicted octanol–water partition coefficient (Wildman–Crippen LogP) is 3.34. The number of H-pyrrole nitrogens is 1. The van der Waals surface area contributed by atoms with Crippen LogP contribution in [0.2, 0.25) is 0 Å². The molecule has 0 bridgehead atoms. The molecule has 3 rings (SSSR count). The van der Waals surface area contributed by atoms with Crippen molar-refractivity contribution in [2.24, 2.45) is 0 Å². The van der Waals surface area contributed by atoms with Gasteiger partial charge < -0.3 is 15.6 Å². The van der Waals surface area contributed by atoms with Crippen LogP contribution >= 0.6 is 0 Å². The predicted molar refractivity (Wildman–Crippen MR) is 93.6 cm³/mol. The summed E-state index contributed by atoms with van der Waals surface area (Å²) in [6, 6.07) is 11.6. The number of amides is 1. The highest BCUT2D eigenvalue weighted by molar-refractivity contribution is 5.95. The molecule has 0 aliphatic carbocycles. The number of rotatable bonds is 6. The van der Waals surface area contributed by atoms with Gasteiger partial charge in [0.05, 0.1) is 18.3 Å². The quantitative estimate of drug-likeness (QED) is 0.612. The van der Waals surface area contributed by atoms with Gasteiger partial charge in [0, 0.05) is 23.6 Å². The van der Waals surface area contributed by atoms with E-state index in [1.165, 1.54) is 0 Å². The zero-order valence-electron chi connectivity index (χ0n) is 12.7. The van der Waals surface area contributed by atoms with E-state index in [4.69, 9.17) is 0 Å². The molecule has 23 heavy (non-hydrogen) atoms. The molecule has 3 aromatic rings. The zero-order chi connectivity index (χ0) is 16.1. The Hall–Kier alpha value is -3.08. The fourth-order valence-corrected chi connectivity index (χ4v) is 2.40. The number of para-hydroxylation sites is 1. The molecule has 0 radical (unpaired) electrons. The van der Waals surface area contributed by atoms with Crippen LogP contribution in [0.25, 0.3) is 10.9 Å². The summed E-state index contributed by atoms with van der Waals surface area (Å²) in [5, 5.41) is 7.02. The maximum Gasteiger partial charge on any atom is 0.230 e. The van der Waals surface area contributed by atoms with Gasteiger partial charge in [-0.1, -0.05) is 24.3 Å². The van der Waals surface area contributed by atoms with E-state index in [0.29, 0.717) is 18.8 Å². The van der Waals surface area contributed by atoms with Crippen LogP contribution < -0.4 is 10.6 Å². The Balaban J connectivity index is 1.64. The first-order chi connectivity index (χ1) is 11.3. The number of carbonyl (C=O) groups is 1. The number of nitrogens with zero attached hydrogens (tertiary/aromatic N) is 1. The molecule has 1 aromatic carbocycles. The number of aromatic nitrogens is 2. The molecule has 1 amide bonds. The van der Waals surface area contributed by atoms with Crippen LogP contribution in [0.15, 0.2) is 61.4 Å². The first-order valence-electron chi connectivity index (χ1n) is 7.42. The second-order valence-electron chi connectivity index (χ2n) is 5.19. The molecule has 2 aromatic heterocycles. The average Bonchev–Trinajstić information content (AvgIpc) is 2.97. The van der Waals surface area contributed by atoms with Crippen molar-refractivity contribution < 1.29 is 4.79 Å². The Labute approximate surface area is 134 Å². The second-order valence-corrected chi connectivity index (χ2v) is 5.19. The highest BCUT2D eigenvalue weighted by Crippen LogP contribution is 2.18. The first kappa shape index (κ1) is 14.8. The van der Waals surface area contributed by atoms with Crippen LogP contribution in [0.4, 0.5) is 11.5 Å². The van der Waals surface area contributed by atoms with Crippen molar-refractivity contribution in [1.29, 1.82) is 0 Å². The van der Waals surface area contributed by atoms with Gasteiger partial charge in [-0.25, -0.2) is 4.98 Å². The van der Waals surface area contributed by atoms with E-state index in [1.54, 1.807) is 18.3 Å². The van der Waals surface area contributed by atoms with E-state index in [1.807, 2.05) is 36.5 Å². The summed E-state index contributed by atoms with van der Waals surface area (Å²) in [4.78, 5) is 19.6. The Kier molecular flexibility index (Phi) is 4.38. The summed E-state index contributed by atoms with van der Waals surface area (Å²) in [6.45, 7) is 4.32. The maximum absolute atomic E-state index is 12.2. The number of pyridine rings is 1. The molecule has 0 aliphatic rings. The van der Waals surface area contributed by atoms with Crippen molar-refractivity contribution in [3.8, 4) is 0 Å². The molecule has 0 aliphatic heterocycles. The molecule has 0 unspecified atom stereocenters. The van der Waals surface area contributed by atoms with Crippen LogP contribution in [0.1, 0.15) is 5.56 Å². The number of fused-ring (bicyclic) bond motifs is 1. The van der Waals surface area contributed by atoms with Gasteiger partial charge in [0.1, 0.15) is 5.82 Å². The molecule has 0 saturated heterocycles. The van der Waals surface area contributed by atoms with Gasteiger partial charge in [0.25, 0.3) is 0 Å². The number of hydrogen-bond donors (Lipinski definition) is 3. The Morgan fingerprint density at radius 2 is 2.13 bits per heavy atom. The van der Waals surface area contributed by atoms with Gasteiger partial charge in [0.2, 0.25) is 5.91 Å². The van der Waals surface area contributed by atoms with E-state index >= 15 is 0 Å². The molecule has 0 saturated carbocycles. The fraction of sp³-hybridized carbons (Fsp3) is 0.111. The van der Waals surface area contributed by atoms with Gasteiger partial charge in [-0.3, -0.25) is 4.79 Å². The van der Waals surface area contributed by atoms with E-state index in [-0.39, 0.29) is 5.91 Å². The van der Waals surface area contributed by atoms with E-state index < -0.39 is 0 Å². The van der Waals surface area contributed by atoms with Gasteiger partial charge in [0.15, 0.2) is 0 Å². The molecular formula is C18H18N4O. The maximum atomic E-state index is 12.2. The normalized spacial score (nSPS) is 10.4. The summed E-state index contributed by atoms with van der Waals surface area (Å²) < 4.78 is 0. The Morgan fingerprint density at radius 1 is 1.26 bits per heavy atom. The number of benzene rings is 1. The third kappa shape index (κ3) is 3.58. The van der Waals surface area contributed by atoms with Crippen LogP contribution in [0.5, 0.6) is 0 Å². The van der Waals surface area contributed by atoms with Crippen LogP contribution in [0, 0.1) is 0 Å². The minimum absolute atomic E-state index is 0.0888. The van der Waals surface area contributed by atoms with E-state index in [0.717, 1.165) is 22.2 Å². The first-order valence-corrected chi connectivity index (χ1v) is 7.42. The Morgan fingerprint density at radius 3 is 2.91 bits per heavy atom. The zero-order valence-corrected chi connectivity index (χ0v) is 12.7. The van der Waals surface area contributed by atoms with Crippen molar-refractivity contribution in [2.75, 3.05) is 17.2 Å². The number of anilines is 2. The van der Waals surface area contributed by atoms with Crippen molar-refractivity contribution in [2.45, 2.75) is 6.42 Å². The van der Waals surface area contributed by atoms with Crippen molar-refractivity contribution in [1.82, 2.24) is 9.97 Å². The highest BCUT2D eigenvalue weighted by Gasteiger charge is 2.09. The summed E-state index contributed by atoms with van der Waals surface area (Å²) >= 11 is 0. The lowest BCUT2D eigenvalue weighted by Crippen LogP contribution is -2.15. The summed E-state index contributed by atoms with van der Waals surface area (Å²) in [5.41, 5.74) is 2.90. The molecular weight excluding hydrogens is 288 g/mol. The molecule has 0 spiro atoms. The molecule has 0 fully saturated rings. The van der Waals surface area contributed by atoms with Crippen LogP contribution in [-0.2, 0) is 11.2 Å². The third-order valence-corrected chi connectivity index (χ3v) is 3.51. The third-order valence-electron chi connectivity index (χ3n) is 3.51. The summed E-state index contributed by atoms with van der Waals surface area (Å²) in [6.07, 6.45) is 5.64. The van der Waals surface area contributed by atoms with Crippen molar-refractivity contribution >= 4 is 28.3 Å². The average molecular weight is 306 g/mol. The van der Waals surface area contributed by atoms with Crippen molar-refractivity contribution in [3.05, 3.63) is 67.0 Å². The molecule has 0 atom stereocenters. The largest absolute Gasteiger partial charge is 0.380 e. The topological polar surface area (TPSA) is 69.8 Å². The smallest absolute Gasteiger partial charge is 0.230 e. The van der Waals surface area contributed by atoms with Crippen LogP contribution in [0.3, 0.4) is 0 Å². The van der Waals surface area contributed by atoms with E-state index in [2.05, 4.69) is 27.2 Å². The Bertz CT molecular complexity index is 820. The lowest BCUT2D eigenvalue weighted by atomic mass is 10.1. The van der Waals surface area contributed by atoms with Crippen molar-refractivity contribution in [3.63, 3.8) is 0 Å².